The summed E-state index contributed by atoms with van der Waals surface area (Å²) in [6.45, 7) is 5.69. The molecule has 158 valence electrons. The van der Waals surface area contributed by atoms with Crippen molar-refractivity contribution >= 4 is 17.2 Å². The Morgan fingerprint density at radius 3 is 2.63 bits per heavy atom. The number of nitrogen functional groups attached to an aromatic ring is 1. The van der Waals surface area contributed by atoms with E-state index in [1.807, 2.05) is 37.3 Å². The highest BCUT2D eigenvalue weighted by molar-refractivity contribution is 5.85. The lowest BCUT2D eigenvalue weighted by atomic mass is 9.97. The lowest BCUT2D eigenvalue weighted by Crippen LogP contribution is -2.40. The third-order valence-corrected chi connectivity index (χ3v) is 5.27. The molecule has 1 fully saturated rings. The van der Waals surface area contributed by atoms with Crippen LogP contribution in [0.3, 0.4) is 0 Å². The van der Waals surface area contributed by atoms with Crippen molar-refractivity contribution < 1.29 is 13.2 Å². The van der Waals surface area contributed by atoms with Crippen molar-refractivity contribution in [2.45, 2.75) is 31.9 Å². The Morgan fingerprint density at radius 1 is 1.23 bits per heavy atom. The number of rotatable bonds is 4. The Kier molecular flexibility index (Phi) is 5.23. The van der Waals surface area contributed by atoms with Gasteiger partial charge in [-0.1, -0.05) is 36.9 Å². The van der Waals surface area contributed by atoms with E-state index in [2.05, 4.69) is 16.7 Å². The van der Waals surface area contributed by atoms with E-state index in [0.29, 0.717) is 30.1 Å². The summed E-state index contributed by atoms with van der Waals surface area (Å²) >= 11 is 0. The monoisotopic (exact) mass is 416 g/mol. The van der Waals surface area contributed by atoms with Crippen LogP contribution in [0.15, 0.2) is 36.9 Å². The second-order valence-electron chi connectivity index (χ2n) is 7.73. The minimum Gasteiger partial charge on any atom is -0.368 e. The van der Waals surface area contributed by atoms with E-state index in [1.165, 1.54) is 9.42 Å². The molecule has 1 aliphatic heterocycles. The summed E-state index contributed by atoms with van der Waals surface area (Å²) < 4.78 is 39.9. The number of aromatic nitrogens is 4. The van der Waals surface area contributed by atoms with Crippen molar-refractivity contribution in [3.63, 3.8) is 0 Å². The first kappa shape index (κ1) is 20.3. The van der Waals surface area contributed by atoms with Crippen molar-refractivity contribution in [3.8, 4) is 11.3 Å². The summed E-state index contributed by atoms with van der Waals surface area (Å²) in [5.41, 5.74) is 9.73. The van der Waals surface area contributed by atoms with Crippen LogP contribution in [0, 0.1) is 0 Å². The number of hydrogen-bond donors (Lipinski definition) is 1. The highest BCUT2D eigenvalue weighted by atomic mass is 19.4. The maximum atomic E-state index is 12.8. The molecule has 6 nitrogen and oxygen atoms in total. The van der Waals surface area contributed by atoms with Crippen LogP contribution in [-0.4, -0.2) is 50.3 Å². The van der Waals surface area contributed by atoms with Gasteiger partial charge in [0.2, 0.25) is 5.95 Å². The molecule has 0 bridgehead atoms. The Balaban J connectivity index is 1.76. The molecule has 0 spiro atoms. The van der Waals surface area contributed by atoms with E-state index >= 15 is 0 Å². The highest BCUT2D eigenvalue weighted by Gasteiger charge is 2.34. The van der Waals surface area contributed by atoms with Crippen LogP contribution < -0.4 is 5.73 Å². The molecule has 3 heterocycles. The Labute approximate surface area is 172 Å². The van der Waals surface area contributed by atoms with Gasteiger partial charge in [0, 0.05) is 23.6 Å². The fourth-order valence-corrected chi connectivity index (χ4v) is 4.01. The largest absolute Gasteiger partial charge is 0.401 e. The van der Waals surface area contributed by atoms with Crippen molar-refractivity contribution in [2.75, 3.05) is 25.4 Å². The molecule has 30 heavy (non-hydrogen) atoms. The number of nitrogens with zero attached hydrogens (tertiary/aromatic N) is 5. The van der Waals surface area contributed by atoms with Crippen LogP contribution >= 0.6 is 0 Å². The molecule has 3 aromatic rings. The van der Waals surface area contributed by atoms with Gasteiger partial charge in [0.25, 0.3) is 0 Å². The summed E-state index contributed by atoms with van der Waals surface area (Å²) in [6, 6.07) is 9.59. The summed E-state index contributed by atoms with van der Waals surface area (Å²) in [4.78, 5) is 10.6. The minimum absolute atomic E-state index is 0.176. The van der Waals surface area contributed by atoms with Gasteiger partial charge in [-0.05, 0) is 31.9 Å². The molecule has 0 unspecified atom stereocenters. The Hall–Kier alpha value is -2.94. The van der Waals surface area contributed by atoms with Gasteiger partial charge in [-0.3, -0.25) is 4.90 Å². The molecule has 1 saturated heterocycles. The van der Waals surface area contributed by atoms with Crippen molar-refractivity contribution in [2.24, 2.45) is 0 Å². The summed E-state index contributed by atoms with van der Waals surface area (Å²) in [6.07, 6.45) is -2.83. The molecule has 9 heteroatoms. The smallest absolute Gasteiger partial charge is 0.368 e. The van der Waals surface area contributed by atoms with Gasteiger partial charge in [0.05, 0.1) is 12.2 Å². The van der Waals surface area contributed by atoms with Gasteiger partial charge >= 0.3 is 6.18 Å². The number of piperidine rings is 1. The number of alkyl halides is 3. The van der Waals surface area contributed by atoms with Gasteiger partial charge in [0.1, 0.15) is 0 Å². The number of fused-ring (bicyclic) bond motifs is 1. The predicted octanol–water partition coefficient (Wildman–Crippen LogP) is 4.15. The molecule has 0 amide bonds. The zero-order valence-corrected chi connectivity index (χ0v) is 16.7. The van der Waals surface area contributed by atoms with Gasteiger partial charge < -0.3 is 5.73 Å². The number of anilines is 1. The van der Waals surface area contributed by atoms with Crippen LogP contribution in [0.25, 0.3) is 22.5 Å². The molecule has 1 aliphatic rings. The molecule has 0 aliphatic carbocycles. The van der Waals surface area contributed by atoms with E-state index < -0.39 is 12.7 Å². The summed E-state index contributed by atoms with van der Waals surface area (Å²) in [7, 11) is 0. The average Bonchev–Trinajstić information content (AvgIpc) is 3.13. The first-order chi connectivity index (χ1) is 14.2. The number of allylic oxidation sites excluding steroid dienone is 1. The maximum absolute atomic E-state index is 12.8. The Morgan fingerprint density at radius 2 is 1.97 bits per heavy atom. The van der Waals surface area contributed by atoms with E-state index in [4.69, 9.17) is 10.7 Å². The van der Waals surface area contributed by atoms with Crippen molar-refractivity contribution in [1.82, 2.24) is 24.5 Å². The molecule has 2 aromatic heterocycles. The molecule has 0 radical (unpaired) electrons. The molecule has 1 aromatic carbocycles. The zero-order chi connectivity index (χ0) is 21.5. The zero-order valence-electron chi connectivity index (χ0n) is 16.7. The first-order valence-corrected chi connectivity index (χ1v) is 9.79. The highest BCUT2D eigenvalue weighted by Crippen LogP contribution is 2.33. The van der Waals surface area contributed by atoms with Crippen molar-refractivity contribution in [1.29, 1.82) is 0 Å². The second-order valence-corrected chi connectivity index (χ2v) is 7.73. The van der Waals surface area contributed by atoms with Gasteiger partial charge in [-0.2, -0.15) is 17.7 Å². The topological polar surface area (TPSA) is 72.3 Å². The fraction of sp³-hybridized carbons (Fsp3) is 0.381. The van der Waals surface area contributed by atoms with Gasteiger partial charge in [-0.15, -0.1) is 5.10 Å². The first-order valence-electron chi connectivity index (χ1n) is 9.79. The molecule has 0 saturated carbocycles. The fourth-order valence-electron chi connectivity index (χ4n) is 4.01. The Bertz CT molecular complexity index is 1070. The number of hydrogen-bond acceptors (Lipinski definition) is 5. The molecule has 1 atom stereocenters. The van der Waals surface area contributed by atoms with Gasteiger partial charge in [0.15, 0.2) is 11.5 Å². The van der Waals surface area contributed by atoms with Crippen molar-refractivity contribution in [3.05, 3.63) is 48.3 Å². The lowest BCUT2D eigenvalue weighted by Gasteiger charge is -2.31. The molecular formula is C21H23F3N6. The summed E-state index contributed by atoms with van der Waals surface area (Å²) in [5.74, 6) is 0.470. The normalized spacial score (nSPS) is 18.1. The lowest BCUT2D eigenvalue weighted by molar-refractivity contribution is -0.148. The number of likely N-dealkylation sites (tertiary alicyclic amines) is 1. The third kappa shape index (κ3) is 4.02. The summed E-state index contributed by atoms with van der Waals surface area (Å²) in [5, 5.41) is 4.51. The minimum atomic E-state index is -4.22. The average molecular weight is 416 g/mol. The van der Waals surface area contributed by atoms with E-state index in [1.54, 1.807) is 0 Å². The number of nitrogens with two attached hydrogens (primary N) is 1. The number of benzene rings is 1. The van der Waals surface area contributed by atoms with E-state index in [0.717, 1.165) is 23.1 Å². The van der Waals surface area contributed by atoms with Crippen LogP contribution in [0.5, 0.6) is 0 Å². The molecular weight excluding hydrogens is 393 g/mol. The van der Waals surface area contributed by atoms with Crippen LogP contribution in [0.2, 0.25) is 0 Å². The van der Waals surface area contributed by atoms with Crippen LogP contribution in [-0.2, 0) is 0 Å². The van der Waals surface area contributed by atoms with E-state index in [9.17, 15) is 13.2 Å². The van der Waals surface area contributed by atoms with Gasteiger partial charge in [-0.25, -0.2) is 9.97 Å². The van der Waals surface area contributed by atoms with Crippen LogP contribution in [0.1, 0.15) is 37.1 Å². The van der Waals surface area contributed by atoms with E-state index in [-0.39, 0.29) is 18.4 Å². The van der Waals surface area contributed by atoms with Crippen LogP contribution in [0.4, 0.5) is 19.1 Å². The SMILES string of the molecule is C=C(C)c1c(-c2ccccc2)nc(N)n2nc([C@@H]3CCCN(CC(F)(F)F)C3)nc12. The second kappa shape index (κ2) is 7.71. The standard InChI is InChI=1S/C21H23F3N6/c1-13(2)16-17(14-7-4-3-5-8-14)26-20(25)30-19(16)27-18(28-30)15-9-6-10-29(11-15)12-21(22,23)24/h3-5,7-8,15H,1,6,9-12H2,2H3,(H2,25,26)/t15-/m1/s1. The number of halogens is 3. The maximum Gasteiger partial charge on any atom is 0.401 e. The molecule has 2 N–H and O–H groups in total. The predicted molar refractivity (Wildman–Crippen MR) is 110 cm³/mol. The third-order valence-electron chi connectivity index (χ3n) is 5.27. The quantitative estimate of drug-likeness (QED) is 0.692. The molecule has 4 rings (SSSR count).